The Labute approximate surface area is 299 Å². The minimum absolute atomic E-state index is 0.0201. The summed E-state index contributed by atoms with van der Waals surface area (Å²) in [7, 11) is -4.23. The van der Waals surface area contributed by atoms with Crippen molar-refractivity contribution in [3.8, 4) is 11.5 Å². The average Bonchev–Trinajstić information content (AvgIpc) is 3.09. The molecular weight excluding hydrogens is 681 g/mol. The molecule has 0 unspecified atom stereocenters. The van der Waals surface area contributed by atoms with Crippen LogP contribution in [0.2, 0.25) is 10.0 Å². The summed E-state index contributed by atoms with van der Waals surface area (Å²) in [5.41, 5.74) is 1.74. The van der Waals surface area contributed by atoms with Crippen molar-refractivity contribution < 1.29 is 22.7 Å². The summed E-state index contributed by atoms with van der Waals surface area (Å²) in [5, 5.41) is 3.93. The molecule has 4 aromatic carbocycles. The van der Waals surface area contributed by atoms with Crippen LogP contribution in [0, 0.1) is 6.92 Å². The van der Waals surface area contributed by atoms with Crippen LogP contribution >= 0.6 is 23.2 Å². The molecule has 0 heterocycles. The third kappa shape index (κ3) is 9.35. The van der Waals surface area contributed by atoms with Gasteiger partial charge in [0.1, 0.15) is 24.1 Å². The third-order valence-corrected chi connectivity index (χ3v) is 11.1. The SMILES string of the molecule is CC[C@@H](C(=O)NC1CCCCC1)N(Cc1ccc(Cl)cc1Cl)C(=O)CN(c1ccc(Oc2ccccc2)cc1)S(=O)(=O)c1ccc(C)cc1. The maximum Gasteiger partial charge on any atom is 0.264 e. The van der Waals surface area contributed by atoms with Crippen LogP contribution in [0.1, 0.15) is 56.6 Å². The molecule has 1 saturated carbocycles. The van der Waals surface area contributed by atoms with E-state index in [0.717, 1.165) is 42.0 Å². The minimum Gasteiger partial charge on any atom is -0.457 e. The van der Waals surface area contributed by atoms with E-state index < -0.39 is 28.5 Å². The zero-order valence-corrected chi connectivity index (χ0v) is 30.0. The maximum atomic E-state index is 14.5. The molecule has 1 aliphatic rings. The number of nitrogens with zero attached hydrogens (tertiary/aromatic N) is 2. The summed E-state index contributed by atoms with van der Waals surface area (Å²) in [6.45, 7) is 3.12. The number of hydrogen-bond donors (Lipinski definition) is 1. The summed E-state index contributed by atoms with van der Waals surface area (Å²) < 4.78 is 35.6. The van der Waals surface area contributed by atoms with Crippen LogP contribution < -0.4 is 14.4 Å². The van der Waals surface area contributed by atoms with E-state index in [4.69, 9.17) is 27.9 Å². The second kappa shape index (κ2) is 16.6. The lowest BCUT2D eigenvalue weighted by Crippen LogP contribution is -2.54. The number of carbonyl (C=O) groups excluding carboxylic acids is 2. The zero-order chi connectivity index (χ0) is 35.0. The predicted molar refractivity (Wildman–Crippen MR) is 195 cm³/mol. The number of halogens is 2. The molecule has 1 atom stereocenters. The van der Waals surface area contributed by atoms with Crippen LogP contribution in [0.25, 0.3) is 0 Å². The molecule has 258 valence electrons. The van der Waals surface area contributed by atoms with Crippen LogP contribution in [0.5, 0.6) is 11.5 Å². The van der Waals surface area contributed by atoms with Crippen LogP contribution in [0.15, 0.2) is 102 Å². The van der Waals surface area contributed by atoms with Crippen molar-refractivity contribution in [3.05, 3.63) is 118 Å². The molecule has 49 heavy (non-hydrogen) atoms. The van der Waals surface area contributed by atoms with Gasteiger partial charge in [-0.2, -0.15) is 0 Å². The monoisotopic (exact) mass is 721 g/mol. The van der Waals surface area contributed by atoms with Gasteiger partial charge in [0.2, 0.25) is 11.8 Å². The molecule has 1 fully saturated rings. The molecule has 4 aromatic rings. The first-order valence-corrected chi connectivity index (χ1v) is 18.7. The molecule has 1 aliphatic carbocycles. The van der Waals surface area contributed by atoms with Crippen molar-refractivity contribution in [3.63, 3.8) is 0 Å². The number of hydrogen-bond acceptors (Lipinski definition) is 5. The molecule has 0 aliphatic heterocycles. The summed E-state index contributed by atoms with van der Waals surface area (Å²) in [6.07, 6.45) is 5.27. The summed E-state index contributed by atoms with van der Waals surface area (Å²) in [4.78, 5) is 29.8. The number of para-hydroxylation sites is 1. The van der Waals surface area contributed by atoms with E-state index in [0.29, 0.717) is 33.5 Å². The number of rotatable bonds is 13. The van der Waals surface area contributed by atoms with E-state index >= 15 is 0 Å². The Morgan fingerprint density at radius 3 is 2.16 bits per heavy atom. The Morgan fingerprint density at radius 2 is 1.53 bits per heavy atom. The van der Waals surface area contributed by atoms with Gasteiger partial charge >= 0.3 is 0 Å². The van der Waals surface area contributed by atoms with Gasteiger partial charge in [0.05, 0.1) is 10.6 Å². The Hall–Kier alpha value is -4.05. The highest BCUT2D eigenvalue weighted by Crippen LogP contribution is 2.30. The smallest absolute Gasteiger partial charge is 0.264 e. The lowest BCUT2D eigenvalue weighted by molar-refractivity contribution is -0.140. The number of amides is 2. The van der Waals surface area contributed by atoms with E-state index in [2.05, 4.69) is 5.32 Å². The maximum absolute atomic E-state index is 14.5. The highest BCUT2D eigenvalue weighted by atomic mass is 35.5. The van der Waals surface area contributed by atoms with Crippen molar-refractivity contribution in [1.82, 2.24) is 10.2 Å². The Morgan fingerprint density at radius 1 is 0.878 bits per heavy atom. The number of carbonyl (C=O) groups is 2. The number of sulfonamides is 1. The summed E-state index contributed by atoms with van der Waals surface area (Å²) in [6, 6.07) is 26.3. The van der Waals surface area contributed by atoms with Crippen molar-refractivity contribution in [2.24, 2.45) is 0 Å². The van der Waals surface area contributed by atoms with Gasteiger partial charge in [-0.15, -0.1) is 0 Å². The van der Waals surface area contributed by atoms with Gasteiger partial charge in [0.15, 0.2) is 0 Å². The van der Waals surface area contributed by atoms with E-state index in [1.807, 2.05) is 44.2 Å². The Kier molecular flexibility index (Phi) is 12.3. The number of anilines is 1. The van der Waals surface area contributed by atoms with Gasteiger partial charge < -0.3 is 15.0 Å². The highest BCUT2D eigenvalue weighted by molar-refractivity contribution is 7.92. The number of ether oxygens (including phenoxy) is 1. The molecule has 0 spiro atoms. The first kappa shape index (κ1) is 36.2. The summed E-state index contributed by atoms with van der Waals surface area (Å²) >= 11 is 12.7. The van der Waals surface area contributed by atoms with Crippen molar-refractivity contribution >= 4 is 50.7 Å². The molecule has 11 heteroatoms. The van der Waals surface area contributed by atoms with Gasteiger partial charge in [0.25, 0.3) is 10.0 Å². The Bertz CT molecular complexity index is 1830. The molecule has 0 aromatic heterocycles. The predicted octanol–water partition coefficient (Wildman–Crippen LogP) is 8.55. The van der Waals surface area contributed by atoms with E-state index in [1.165, 1.54) is 17.0 Å². The summed E-state index contributed by atoms with van der Waals surface area (Å²) in [5.74, 6) is 0.293. The lowest BCUT2D eigenvalue weighted by Gasteiger charge is -2.34. The van der Waals surface area contributed by atoms with Gasteiger partial charge in [-0.3, -0.25) is 13.9 Å². The van der Waals surface area contributed by atoms with E-state index in [1.54, 1.807) is 54.6 Å². The Balaban J connectivity index is 1.50. The van der Waals surface area contributed by atoms with Gasteiger partial charge in [-0.1, -0.05) is 91.3 Å². The largest absolute Gasteiger partial charge is 0.457 e. The molecule has 0 radical (unpaired) electrons. The van der Waals surface area contributed by atoms with Crippen LogP contribution in [0.4, 0.5) is 5.69 Å². The molecule has 5 rings (SSSR count). The van der Waals surface area contributed by atoms with E-state index in [-0.39, 0.29) is 29.1 Å². The van der Waals surface area contributed by atoms with Gasteiger partial charge in [-0.25, -0.2) is 8.42 Å². The van der Waals surface area contributed by atoms with Crippen LogP contribution in [-0.4, -0.2) is 43.8 Å². The van der Waals surface area contributed by atoms with Crippen molar-refractivity contribution in [2.75, 3.05) is 10.8 Å². The average molecular weight is 723 g/mol. The normalized spacial score (nSPS) is 14.1. The molecule has 8 nitrogen and oxygen atoms in total. The fraction of sp³-hybridized carbons (Fsp3) is 0.316. The van der Waals surface area contributed by atoms with Crippen molar-refractivity contribution in [2.45, 2.75) is 75.9 Å². The second-order valence-corrected chi connectivity index (χ2v) is 15.0. The number of benzene rings is 4. The zero-order valence-electron chi connectivity index (χ0n) is 27.6. The number of aryl methyl sites for hydroxylation is 1. The van der Waals surface area contributed by atoms with Crippen molar-refractivity contribution in [1.29, 1.82) is 0 Å². The van der Waals surface area contributed by atoms with Crippen LogP contribution in [0.3, 0.4) is 0 Å². The fourth-order valence-corrected chi connectivity index (χ4v) is 7.85. The van der Waals surface area contributed by atoms with Crippen LogP contribution in [-0.2, 0) is 26.2 Å². The number of nitrogens with one attached hydrogen (secondary N) is 1. The molecule has 1 N–H and O–H groups in total. The quantitative estimate of drug-likeness (QED) is 0.149. The third-order valence-electron chi connectivity index (χ3n) is 8.68. The van der Waals surface area contributed by atoms with E-state index in [9.17, 15) is 18.0 Å². The lowest BCUT2D eigenvalue weighted by atomic mass is 9.95. The molecule has 2 amide bonds. The topological polar surface area (TPSA) is 96.0 Å². The van der Waals surface area contributed by atoms with Gasteiger partial charge in [0, 0.05) is 22.6 Å². The first-order valence-electron chi connectivity index (χ1n) is 16.5. The first-order chi connectivity index (χ1) is 23.5. The van der Waals surface area contributed by atoms with Gasteiger partial charge in [-0.05, 0) is 92.4 Å². The highest BCUT2D eigenvalue weighted by Gasteiger charge is 2.35. The fourth-order valence-electron chi connectivity index (χ4n) is 5.97. The molecule has 0 saturated heterocycles. The second-order valence-electron chi connectivity index (χ2n) is 12.3. The molecular formula is C38H41Cl2N3O5S. The molecule has 0 bridgehead atoms. The standard InChI is InChI=1S/C38H41Cl2N3O5S/c1-3-36(38(45)41-30-10-6-4-7-11-30)42(25-28-16-17-29(39)24-35(28)40)37(44)26-43(49(46,47)34-22-14-27(2)15-23-34)31-18-20-33(21-19-31)48-32-12-8-5-9-13-32/h5,8-9,12-24,30,36H,3-4,6-7,10-11,25-26H2,1-2H3,(H,41,45)/t36-/m0/s1. The minimum atomic E-state index is -4.23.